The van der Waals surface area contributed by atoms with Crippen molar-refractivity contribution < 1.29 is 23.5 Å². The van der Waals surface area contributed by atoms with Gasteiger partial charge in [0, 0.05) is 0 Å². The van der Waals surface area contributed by atoms with Gasteiger partial charge < -0.3 is 10.8 Å². The molecule has 0 bridgehead atoms. The molecule has 1 atom stereocenters. The smallest absolute Gasteiger partial charge is 0.401 e. The molecule has 82 valence electrons. The fraction of sp³-hybridized carbons (Fsp3) is 0.750. The molecule has 4 nitrogen and oxygen atoms in total. The summed E-state index contributed by atoms with van der Waals surface area (Å²) in [7, 11) is 0. The van der Waals surface area contributed by atoms with Crippen LogP contribution in [0.25, 0.3) is 0 Å². The number of ketones is 1. The van der Waals surface area contributed by atoms with Crippen LogP contribution in [0.5, 0.6) is 0 Å². The standard InChI is InChI=1S/C8H13F2NO3/c1-4(2)3-5(11)6(12)8(9,10)7(13)14/h4-5H,3,11H2,1-2H3,(H,13,14)/t5-/m0/s1. The number of hydrogen-bond acceptors (Lipinski definition) is 3. The third-order valence-corrected chi connectivity index (χ3v) is 1.64. The highest BCUT2D eigenvalue weighted by molar-refractivity contribution is 6.06. The number of rotatable bonds is 5. The lowest BCUT2D eigenvalue weighted by Crippen LogP contribution is -2.48. The van der Waals surface area contributed by atoms with Crippen LogP contribution in [0.2, 0.25) is 0 Å². The molecular weight excluding hydrogens is 196 g/mol. The van der Waals surface area contributed by atoms with E-state index < -0.39 is 23.7 Å². The quantitative estimate of drug-likeness (QED) is 0.651. The van der Waals surface area contributed by atoms with Crippen LogP contribution in [0.4, 0.5) is 8.78 Å². The van der Waals surface area contributed by atoms with Gasteiger partial charge in [0.1, 0.15) is 0 Å². The summed E-state index contributed by atoms with van der Waals surface area (Å²) < 4.78 is 25.2. The van der Waals surface area contributed by atoms with E-state index in [0.717, 1.165) is 0 Å². The predicted octanol–water partition coefficient (Wildman–Crippen LogP) is 0.649. The van der Waals surface area contributed by atoms with Crippen molar-refractivity contribution in [1.29, 1.82) is 0 Å². The average molecular weight is 209 g/mol. The lowest BCUT2D eigenvalue weighted by molar-refractivity contribution is -0.172. The Morgan fingerprint density at radius 3 is 2.14 bits per heavy atom. The van der Waals surface area contributed by atoms with Crippen molar-refractivity contribution in [3.05, 3.63) is 0 Å². The molecule has 3 N–H and O–H groups in total. The highest BCUT2D eigenvalue weighted by atomic mass is 19.3. The fourth-order valence-electron chi connectivity index (χ4n) is 0.953. The maximum atomic E-state index is 12.6. The molecule has 0 aliphatic rings. The van der Waals surface area contributed by atoms with Crippen molar-refractivity contribution in [2.24, 2.45) is 11.7 Å². The number of alkyl halides is 2. The number of carbonyl (C=O) groups is 2. The van der Waals surface area contributed by atoms with Gasteiger partial charge in [-0.05, 0) is 12.3 Å². The van der Waals surface area contributed by atoms with Gasteiger partial charge in [-0.15, -0.1) is 0 Å². The molecule has 0 fully saturated rings. The van der Waals surface area contributed by atoms with Gasteiger partial charge >= 0.3 is 11.9 Å². The number of carboxylic acids is 1. The average Bonchev–Trinajstić information content (AvgIpc) is 2.01. The number of carboxylic acid groups (broad SMARTS) is 1. The molecule has 0 saturated heterocycles. The van der Waals surface area contributed by atoms with E-state index in [1.807, 2.05) is 0 Å². The molecule has 0 aromatic rings. The Kier molecular flexibility index (Phi) is 4.12. The van der Waals surface area contributed by atoms with Gasteiger partial charge in [0.15, 0.2) is 0 Å². The zero-order valence-electron chi connectivity index (χ0n) is 7.96. The largest absolute Gasteiger partial charge is 0.476 e. The lowest BCUT2D eigenvalue weighted by Gasteiger charge is -2.16. The van der Waals surface area contributed by atoms with E-state index in [1.165, 1.54) is 0 Å². The minimum absolute atomic E-state index is 0.0430. The number of hydrogen-bond donors (Lipinski definition) is 2. The van der Waals surface area contributed by atoms with Crippen molar-refractivity contribution in [2.45, 2.75) is 32.2 Å². The van der Waals surface area contributed by atoms with Crippen LogP contribution in [0.1, 0.15) is 20.3 Å². The van der Waals surface area contributed by atoms with Crippen molar-refractivity contribution in [2.75, 3.05) is 0 Å². The van der Waals surface area contributed by atoms with Crippen LogP contribution >= 0.6 is 0 Å². The molecule has 0 aromatic carbocycles. The van der Waals surface area contributed by atoms with E-state index in [4.69, 9.17) is 10.8 Å². The minimum atomic E-state index is -4.38. The zero-order chi connectivity index (χ0) is 11.5. The minimum Gasteiger partial charge on any atom is -0.476 e. The third kappa shape index (κ3) is 3.02. The maximum Gasteiger partial charge on any atom is 0.401 e. The molecule has 0 aliphatic carbocycles. The molecule has 6 heteroatoms. The SMILES string of the molecule is CC(C)C[C@H](N)C(=O)C(F)(F)C(=O)O. The first-order chi connectivity index (χ1) is 6.19. The Balaban J connectivity index is 4.53. The number of aliphatic carboxylic acids is 1. The van der Waals surface area contributed by atoms with Gasteiger partial charge in [0.05, 0.1) is 6.04 Å². The molecule has 0 spiro atoms. The molecule has 0 saturated carbocycles. The normalized spacial score (nSPS) is 14.1. The Hall–Kier alpha value is -1.04. The summed E-state index contributed by atoms with van der Waals surface area (Å²) in [5.41, 5.74) is 5.15. The van der Waals surface area contributed by atoms with Gasteiger partial charge in [-0.25, -0.2) is 4.79 Å². The summed E-state index contributed by atoms with van der Waals surface area (Å²) in [6.45, 7) is 3.40. The topological polar surface area (TPSA) is 80.4 Å². The Bertz CT molecular complexity index is 241. The van der Waals surface area contributed by atoms with Crippen molar-refractivity contribution in [1.82, 2.24) is 0 Å². The van der Waals surface area contributed by atoms with Crippen LogP contribution < -0.4 is 5.73 Å². The van der Waals surface area contributed by atoms with Crippen molar-refractivity contribution in [3.8, 4) is 0 Å². The van der Waals surface area contributed by atoms with E-state index in [0.29, 0.717) is 0 Å². The van der Waals surface area contributed by atoms with Crippen LogP contribution in [-0.4, -0.2) is 28.8 Å². The highest BCUT2D eigenvalue weighted by Crippen LogP contribution is 2.18. The van der Waals surface area contributed by atoms with Crippen LogP contribution in [0.15, 0.2) is 0 Å². The van der Waals surface area contributed by atoms with Gasteiger partial charge in [-0.2, -0.15) is 8.78 Å². The second kappa shape index (κ2) is 4.45. The summed E-state index contributed by atoms with van der Waals surface area (Å²) in [6.07, 6.45) is 0.0434. The summed E-state index contributed by atoms with van der Waals surface area (Å²) >= 11 is 0. The number of nitrogens with two attached hydrogens (primary N) is 1. The third-order valence-electron chi connectivity index (χ3n) is 1.64. The lowest BCUT2D eigenvalue weighted by atomic mass is 9.98. The van der Waals surface area contributed by atoms with Gasteiger partial charge in [0.2, 0.25) is 5.78 Å². The Morgan fingerprint density at radius 2 is 1.86 bits per heavy atom. The molecule has 0 aliphatic heterocycles. The second-order valence-corrected chi connectivity index (χ2v) is 3.48. The van der Waals surface area contributed by atoms with Gasteiger partial charge in [-0.3, -0.25) is 4.79 Å². The van der Waals surface area contributed by atoms with Gasteiger partial charge in [-0.1, -0.05) is 13.8 Å². The highest BCUT2D eigenvalue weighted by Gasteiger charge is 2.49. The first kappa shape index (κ1) is 13.0. The van der Waals surface area contributed by atoms with E-state index in [-0.39, 0.29) is 12.3 Å². The molecule has 0 heterocycles. The monoisotopic (exact) mass is 209 g/mol. The molecule has 14 heavy (non-hydrogen) atoms. The van der Waals surface area contributed by atoms with Gasteiger partial charge in [0.25, 0.3) is 0 Å². The van der Waals surface area contributed by atoms with E-state index in [2.05, 4.69) is 0 Å². The predicted molar refractivity (Wildman–Crippen MR) is 45.0 cm³/mol. The van der Waals surface area contributed by atoms with Crippen LogP contribution in [0.3, 0.4) is 0 Å². The zero-order valence-corrected chi connectivity index (χ0v) is 7.96. The molecule has 0 radical (unpaired) electrons. The van der Waals surface area contributed by atoms with E-state index in [1.54, 1.807) is 13.8 Å². The Morgan fingerprint density at radius 1 is 1.43 bits per heavy atom. The van der Waals surface area contributed by atoms with E-state index >= 15 is 0 Å². The summed E-state index contributed by atoms with van der Waals surface area (Å²) in [5, 5.41) is 8.07. The first-order valence-electron chi connectivity index (χ1n) is 4.10. The maximum absolute atomic E-state index is 12.6. The number of Topliss-reactive ketones (excluding diaryl/α,β-unsaturated/α-hetero) is 1. The molecule has 0 unspecified atom stereocenters. The molecule has 0 amide bonds. The summed E-state index contributed by atoms with van der Waals surface area (Å²) in [4.78, 5) is 20.9. The number of carbonyl (C=O) groups excluding carboxylic acids is 1. The Labute approximate surface area is 80.1 Å². The molecule has 0 aromatic heterocycles. The van der Waals surface area contributed by atoms with Crippen LogP contribution in [0, 0.1) is 5.92 Å². The van der Waals surface area contributed by atoms with Crippen molar-refractivity contribution in [3.63, 3.8) is 0 Å². The second-order valence-electron chi connectivity index (χ2n) is 3.48. The molecule has 0 rings (SSSR count). The molecular formula is C8H13F2NO3. The van der Waals surface area contributed by atoms with Crippen molar-refractivity contribution >= 4 is 11.8 Å². The summed E-state index contributed by atoms with van der Waals surface area (Å²) in [6, 6.07) is -1.43. The number of halogens is 2. The van der Waals surface area contributed by atoms with E-state index in [9.17, 15) is 18.4 Å². The summed E-state index contributed by atoms with van der Waals surface area (Å²) in [5.74, 6) is -8.62. The first-order valence-corrected chi connectivity index (χ1v) is 4.10. The fourth-order valence-corrected chi connectivity index (χ4v) is 0.953. The van der Waals surface area contributed by atoms with Crippen LogP contribution in [-0.2, 0) is 9.59 Å².